The fourth-order valence-corrected chi connectivity index (χ4v) is 5.23. The summed E-state index contributed by atoms with van der Waals surface area (Å²) < 4.78 is 26.1. The van der Waals surface area contributed by atoms with E-state index in [1.807, 2.05) is 29.0 Å². The maximum absolute atomic E-state index is 12.1. The highest BCUT2D eigenvalue weighted by atomic mass is 32.2. The average molecular weight is 413 g/mol. The van der Waals surface area contributed by atoms with Crippen LogP contribution in [0, 0.1) is 11.8 Å². The molecule has 0 bridgehead atoms. The van der Waals surface area contributed by atoms with Crippen LogP contribution in [0.2, 0.25) is 0 Å². The second-order valence-electron chi connectivity index (χ2n) is 8.39. The second kappa shape index (κ2) is 7.78. The molecule has 1 fully saturated rings. The maximum atomic E-state index is 12.1. The Labute approximate surface area is 172 Å². The van der Waals surface area contributed by atoms with Crippen LogP contribution in [0.25, 0.3) is 16.7 Å². The molecule has 0 atom stereocenters. The van der Waals surface area contributed by atoms with Gasteiger partial charge in [-0.3, -0.25) is 0 Å². The van der Waals surface area contributed by atoms with Crippen LogP contribution in [0.3, 0.4) is 0 Å². The number of sulfone groups is 1. The number of hydrogen-bond acceptors (Lipinski definition) is 5. The second-order valence-corrected chi connectivity index (χ2v) is 10.4. The third kappa shape index (κ3) is 4.15. The monoisotopic (exact) mass is 412 g/mol. The largest absolute Gasteiger partial charge is 0.351 e. The van der Waals surface area contributed by atoms with Crippen LogP contribution in [-0.4, -0.2) is 35.3 Å². The predicted octanol–water partition coefficient (Wildman–Crippen LogP) is 4.45. The molecule has 0 aliphatic heterocycles. The first-order chi connectivity index (χ1) is 13.8. The fraction of sp³-hybridized carbons (Fsp3) is 0.455. The van der Waals surface area contributed by atoms with Gasteiger partial charge in [0.15, 0.2) is 9.84 Å². The van der Waals surface area contributed by atoms with Crippen molar-refractivity contribution in [3.63, 3.8) is 0 Å². The van der Waals surface area contributed by atoms with E-state index >= 15 is 0 Å². The molecule has 0 saturated heterocycles. The highest BCUT2D eigenvalue weighted by Gasteiger charge is 2.23. The van der Waals surface area contributed by atoms with Crippen LogP contribution >= 0.6 is 0 Å². The zero-order valence-corrected chi connectivity index (χ0v) is 18.0. The highest BCUT2D eigenvalue weighted by Crippen LogP contribution is 2.31. The van der Waals surface area contributed by atoms with E-state index in [1.54, 1.807) is 18.3 Å². The van der Waals surface area contributed by atoms with E-state index in [9.17, 15) is 8.42 Å². The van der Waals surface area contributed by atoms with E-state index in [0.717, 1.165) is 36.0 Å². The maximum Gasteiger partial charge on any atom is 0.224 e. The number of rotatable bonds is 5. The normalized spacial score (nSPS) is 20.3. The highest BCUT2D eigenvalue weighted by molar-refractivity contribution is 7.91. The van der Waals surface area contributed by atoms with Gasteiger partial charge in [0.25, 0.3) is 0 Å². The molecule has 0 amide bonds. The van der Waals surface area contributed by atoms with Crippen molar-refractivity contribution in [2.24, 2.45) is 11.8 Å². The van der Waals surface area contributed by atoms with Crippen LogP contribution in [0.5, 0.6) is 0 Å². The van der Waals surface area contributed by atoms with Crippen LogP contribution in [0.1, 0.15) is 39.5 Å². The molecule has 4 rings (SSSR count). The lowest BCUT2D eigenvalue weighted by atomic mass is 9.80. The van der Waals surface area contributed by atoms with Gasteiger partial charge in [-0.1, -0.05) is 19.9 Å². The molecule has 1 aliphatic rings. The summed E-state index contributed by atoms with van der Waals surface area (Å²) >= 11 is 0. The van der Waals surface area contributed by atoms with Crippen molar-refractivity contribution in [1.82, 2.24) is 14.5 Å². The summed E-state index contributed by atoms with van der Waals surface area (Å²) in [6.45, 7) is 4.61. The van der Waals surface area contributed by atoms with Gasteiger partial charge in [0.2, 0.25) is 5.95 Å². The van der Waals surface area contributed by atoms with Crippen molar-refractivity contribution in [1.29, 1.82) is 0 Å². The number of hydrogen-bond donors (Lipinski definition) is 1. The molecule has 6 nitrogen and oxygen atoms in total. The number of anilines is 1. The fourth-order valence-electron chi connectivity index (χ4n) is 4.33. The van der Waals surface area contributed by atoms with Gasteiger partial charge in [-0.2, -0.15) is 4.98 Å². The van der Waals surface area contributed by atoms with Crippen molar-refractivity contribution in [3.8, 4) is 5.82 Å². The molecule has 7 heteroatoms. The molecule has 3 aromatic rings. The van der Waals surface area contributed by atoms with E-state index in [2.05, 4.69) is 24.1 Å². The van der Waals surface area contributed by atoms with Crippen LogP contribution in [-0.2, 0) is 9.84 Å². The number of benzene rings is 1. The Hall–Kier alpha value is -2.41. The summed E-state index contributed by atoms with van der Waals surface area (Å²) in [6.07, 6.45) is 9.61. The molecule has 0 unspecified atom stereocenters. The van der Waals surface area contributed by atoms with E-state index in [-0.39, 0.29) is 0 Å². The number of nitrogens with one attached hydrogen (secondary N) is 1. The third-order valence-corrected chi connectivity index (χ3v) is 7.18. The van der Waals surface area contributed by atoms with Crippen molar-refractivity contribution in [3.05, 3.63) is 42.7 Å². The summed E-state index contributed by atoms with van der Waals surface area (Å²) in [4.78, 5) is 9.44. The molecule has 1 N–H and O–H groups in total. The van der Waals surface area contributed by atoms with Gasteiger partial charge in [0.05, 0.1) is 10.4 Å². The first-order valence-corrected chi connectivity index (χ1v) is 12.1. The minimum absolute atomic E-state index is 0.336. The van der Waals surface area contributed by atoms with Crippen LogP contribution in [0.15, 0.2) is 47.6 Å². The summed E-state index contributed by atoms with van der Waals surface area (Å²) in [6, 6.07) is 9.39. The summed E-state index contributed by atoms with van der Waals surface area (Å²) in [5, 5.41) is 4.20. The molecule has 0 spiro atoms. The average Bonchev–Trinajstić information content (AvgIpc) is 3.12. The van der Waals surface area contributed by atoms with Gasteiger partial charge in [0, 0.05) is 30.1 Å². The predicted molar refractivity (Wildman–Crippen MR) is 116 cm³/mol. The third-order valence-electron chi connectivity index (χ3n) is 6.03. The Kier molecular flexibility index (Phi) is 5.34. The first-order valence-electron chi connectivity index (χ1n) is 10.2. The Morgan fingerprint density at radius 2 is 1.86 bits per heavy atom. The van der Waals surface area contributed by atoms with Gasteiger partial charge in [-0.25, -0.2) is 13.4 Å². The number of fused-ring (bicyclic) bond motifs is 1. The molecular weight excluding hydrogens is 384 g/mol. The van der Waals surface area contributed by atoms with Gasteiger partial charge in [0.1, 0.15) is 5.82 Å². The number of nitrogens with zero attached hydrogens (tertiary/aromatic N) is 3. The van der Waals surface area contributed by atoms with Gasteiger partial charge < -0.3 is 9.88 Å². The Morgan fingerprint density at radius 3 is 2.55 bits per heavy atom. The standard InChI is InChI=1S/C22H28N4O2S/c1-15(2)16-7-9-17(10-8-16)24-22-23-13-11-21(25-22)26-14-12-18-19(26)5-4-6-20(18)29(3,27)28/h4-6,11-17H,7-10H2,1-3H3,(H,23,24,25)/t16-,17-. The number of aromatic nitrogens is 3. The molecule has 0 radical (unpaired) electrons. The minimum Gasteiger partial charge on any atom is -0.351 e. The Balaban J connectivity index is 1.58. The zero-order valence-electron chi connectivity index (χ0n) is 17.2. The molecule has 29 heavy (non-hydrogen) atoms. The smallest absolute Gasteiger partial charge is 0.224 e. The van der Waals surface area contributed by atoms with Crippen molar-refractivity contribution >= 4 is 26.7 Å². The lowest BCUT2D eigenvalue weighted by Crippen LogP contribution is -2.28. The van der Waals surface area contributed by atoms with E-state index in [0.29, 0.717) is 22.3 Å². The molecule has 2 aromatic heterocycles. The molecule has 2 heterocycles. The van der Waals surface area contributed by atoms with Crippen molar-refractivity contribution in [2.45, 2.75) is 50.5 Å². The lowest BCUT2D eigenvalue weighted by molar-refractivity contribution is 0.266. The molecular formula is C22H28N4O2S. The van der Waals surface area contributed by atoms with Crippen molar-refractivity contribution in [2.75, 3.05) is 11.6 Å². The van der Waals surface area contributed by atoms with Crippen LogP contribution < -0.4 is 5.32 Å². The lowest BCUT2D eigenvalue weighted by Gasteiger charge is -2.31. The SMILES string of the molecule is CC(C)[C@H]1CC[C@H](Nc2nccc(-n3ccc4c(S(C)(=O)=O)cccc43)n2)CC1. The first kappa shape index (κ1) is 19.9. The summed E-state index contributed by atoms with van der Waals surface area (Å²) in [5.74, 6) is 2.90. The van der Waals surface area contributed by atoms with E-state index in [1.165, 1.54) is 19.1 Å². The van der Waals surface area contributed by atoms with Crippen molar-refractivity contribution < 1.29 is 8.42 Å². The van der Waals surface area contributed by atoms with Gasteiger partial charge >= 0.3 is 0 Å². The topological polar surface area (TPSA) is 76.9 Å². The van der Waals surface area contributed by atoms with E-state index in [4.69, 9.17) is 4.98 Å². The Morgan fingerprint density at radius 1 is 1.10 bits per heavy atom. The molecule has 1 aliphatic carbocycles. The Bertz CT molecular complexity index is 1110. The van der Waals surface area contributed by atoms with Gasteiger partial charge in [-0.05, 0) is 61.8 Å². The molecule has 1 saturated carbocycles. The summed E-state index contributed by atoms with van der Waals surface area (Å²) in [7, 11) is -3.29. The summed E-state index contributed by atoms with van der Waals surface area (Å²) in [5.41, 5.74) is 0.815. The zero-order chi connectivity index (χ0) is 20.6. The van der Waals surface area contributed by atoms with E-state index < -0.39 is 9.84 Å². The molecule has 154 valence electrons. The minimum atomic E-state index is -3.29. The van der Waals surface area contributed by atoms with Crippen LogP contribution in [0.4, 0.5) is 5.95 Å². The quantitative estimate of drug-likeness (QED) is 0.670. The van der Waals surface area contributed by atoms with Gasteiger partial charge in [-0.15, -0.1) is 0 Å². The molecule has 1 aromatic carbocycles.